The first-order valence-electron chi connectivity index (χ1n) is 9.12. The number of nitrogens with zero attached hydrogens (tertiary/aromatic N) is 6. The Hall–Kier alpha value is -2.43. The van der Waals surface area contributed by atoms with Gasteiger partial charge in [-0.05, 0) is 41.8 Å². The monoisotopic (exact) mass is 470 g/mol. The molecule has 0 unspecified atom stereocenters. The number of carbonyl (C=O) groups is 1. The lowest BCUT2D eigenvalue weighted by Crippen LogP contribution is -2.28. The fourth-order valence-corrected chi connectivity index (χ4v) is 3.66. The van der Waals surface area contributed by atoms with Crippen molar-refractivity contribution in [1.82, 2.24) is 29.3 Å². The van der Waals surface area contributed by atoms with E-state index in [-0.39, 0.29) is 23.7 Å². The number of hydrogen-bond donors (Lipinski definition) is 0. The van der Waals surface area contributed by atoms with Crippen molar-refractivity contribution in [1.29, 1.82) is 0 Å². The molecule has 0 aromatic carbocycles. The predicted molar refractivity (Wildman–Crippen MR) is 101 cm³/mol. The Morgan fingerprint density at radius 3 is 2.66 bits per heavy atom. The van der Waals surface area contributed by atoms with Gasteiger partial charge < -0.3 is 4.90 Å². The maximum Gasteiger partial charge on any atom is 0.433 e. The minimum absolute atomic E-state index is 0.00606. The molecule has 11 heteroatoms. The molecule has 4 rings (SSSR count). The van der Waals surface area contributed by atoms with Gasteiger partial charge in [0.2, 0.25) is 0 Å². The largest absolute Gasteiger partial charge is 0.433 e. The number of rotatable bonds is 5. The van der Waals surface area contributed by atoms with E-state index in [1.54, 1.807) is 17.9 Å². The highest BCUT2D eigenvalue weighted by molar-refractivity contribution is 9.10. The van der Waals surface area contributed by atoms with Gasteiger partial charge in [0.1, 0.15) is 11.3 Å². The molecule has 0 spiro atoms. The number of fused-ring (bicyclic) bond motifs is 1. The second-order valence-electron chi connectivity index (χ2n) is 7.05. The number of carbonyl (C=O) groups excluding carboxylic acids is 1. The Morgan fingerprint density at radius 1 is 1.31 bits per heavy atom. The van der Waals surface area contributed by atoms with Gasteiger partial charge >= 0.3 is 6.18 Å². The average Bonchev–Trinajstić information content (AvgIpc) is 3.35. The summed E-state index contributed by atoms with van der Waals surface area (Å²) in [6.45, 7) is 2.79. The number of halogens is 4. The minimum Gasteiger partial charge on any atom is -0.336 e. The molecule has 1 aliphatic rings. The molecule has 154 valence electrons. The van der Waals surface area contributed by atoms with Crippen LogP contribution in [0.5, 0.6) is 0 Å². The van der Waals surface area contributed by atoms with E-state index in [1.807, 2.05) is 6.92 Å². The van der Waals surface area contributed by atoms with Crippen LogP contribution in [0.15, 0.2) is 22.9 Å². The molecule has 3 aromatic rings. The standard InChI is InChI=1S/C18H18BrF3N6O/c1-3-27-14(12(19)8-23-27)9-26(2)17(29)11-7-24-28-15(18(20,21)22)6-13(10-4-5-10)25-16(11)28/h6-8,10H,3-5,9H2,1-2H3. The molecule has 1 amide bonds. The van der Waals surface area contributed by atoms with Crippen molar-refractivity contribution in [3.63, 3.8) is 0 Å². The van der Waals surface area contributed by atoms with E-state index >= 15 is 0 Å². The summed E-state index contributed by atoms with van der Waals surface area (Å²) in [5, 5.41) is 8.03. The Kier molecular flexibility index (Phi) is 4.88. The van der Waals surface area contributed by atoms with Crippen molar-refractivity contribution in [2.75, 3.05) is 7.05 Å². The van der Waals surface area contributed by atoms with Crippen molar-refractivity contribution in [2.45, 2.75) is 44.9 Å². The fraction of sp³-hybridized carbons (Fsp3) is 0.444. The molecule has 1 saturated carbocycles. The summed E-state index contributed by atoms with van der Waals surface area (Å²) in [6.07, 6.45) is -0.202. The minimum atomic E-state index is -4.60. The van der Waals surface area contributed by atoms with Crippen LogP contribution < -0.4 is 0 Å². The molecule has 0 aliphatic heterocycles. The number of aromatic nitrogens is 5. The lowest BCUT2D eigenvalue weighted by Gasteiger charge is -2.18. The number of amides is 1. The van der Waals surface area contributed by atoms with E-state index in [9.17, 15) is 18.0 Å². The van der Waals surface area contributed by atoms with E-state index in [1.165, 1.54) is 4.90 Å². The van der Waals surface area contributed by atoms with Crippen LogP contribution in [-0.4, -0.2) is 42.2 Å². The lowest BCUT2D eigenvalue weighted by molar-refractivity contribution is -0.142. The summed E-state index contributed by atoms with van der Waals surface area (Å²) in [5.41, 5.74) is 0.204. The van der Waals surface area contributed by atoms with Crippen molar-refractivity contribution >= 4 is 27.5 Å². The maximum absolute atomic E-state index is 13.5. The highest BCUT2D eigenvalue weighted by atomic mass is 79.9. The molecule has 1 aliphatic carbocycles. The molecule has 3 heterocycles. The van der Waals surface area contributed by atoms with Crippen LogP contribution >= 0.6 is 15.9 Å². The van der Waals surface area contributed by atoms with Crippen molar-refractivity contribution in [3.05, 3.63) is 45.6 Å². The SMILES string of the molecule is CCn1ncc(Br)c1CN(C)C(=O)c1cnn2c(C(F)(F)F)cc(C3CC3)nc12. The maximum atomic E-state index is 13.5. The highest BCUT2D eigenvalue weighted by Gasteiger charge is 2.38. The first kappa shape index (κ1) is 19.9. The molecular weight excluding hydrogens is 453 g/mol. The van der Waals surface area contributed by atoms with Gasteiger partial charge in [0, 0.05) is 25.2 Å². The quantitative estimate of drug-likeness (QED) is 0.567. The van der Waals surface area contributed by atoms with Gasteiger partial charge in [-0.2, -0.15) is 23.4 Å². The third kappa shape index (κ3) is 3.63. The van der Waals surface area contributed by atoms with E-state index in [0.29, 0.717) is 16.8 Å². The van der Waals surface area contributed by atoms with Crippen LogP contribution in [0.1, 0.15) is 53.1 Å². The summed E-state index contributed by atoms with van der Waals surface area (Å²) >= 11 is 3.41. The Morgan fingerprint density at radius 2 is 2.03 bits per heavy atom. The van der Waals surface area contributed by atoms with E-state index < -0.39 is 17.8 Å². The van der Waals surface area contributed by atoms with Crippen LogP contribution in [0, 0.1) is 0 Å². The van der Waals surface area contributed by atoms with Crippen molar-refractivity contribution < 1.29 is 18.0 Å². The van der Waals surface area contributed by atoms with Crippen LogP contribution in [0.2, 0.25) is 0 Å². The fourth-order valence-electron chi connectivity index (χ4n) is 3.24. The van der Waals surface area contributed by atoms with Crippen molar-refractivity contribution in [2.24, 2.45) is 0 Å². The topological polar surface area (TPSA) is 68.3 Å². The Balaban J connectivity index is 1.72. The van der Waals surface area contributed by atoms with Gasteiger partial charge in [0.25, 0.3) is 5.91 Å². The zero-order chi connectivity index (χ0) is 20.9. The molecule has 7 nitrogen and oxygen atoms in total. The molecule has 3 aromatic heterocycles. The van der Waals surface area contributed by atoms with Crippen LogP contribution in [-0.2, 0) is 19.3 Å². The van der Waals surface area contributed by atoms with Crippen LogP contribution in [0.25, 0.3) is 5.65 Å². The molecule has 1 fully saturated rings. The smallest absolute Gasteiger partial charge is 0.336 e. The van der Waals surface area contributed by atoms with Gasteiger partial charge in [-0.15, -0.1) is 0 Å². The summed E-state index contributed by atoms with van der Waals surface area (Å²) in [6, 6.07) is 1.03. The number of aryl methyl sites for hydroxylation is 1. The normalized spacial score (nSPS) is 14.6. The van der Waals surface area contributed by atoms with E-state index in [2.05, 4.69) is 31.1 Å². The van der Waals surface area contributed by atoms with Gasteiger partial charge in [-0.3, -0.25) is 9.48 Å². The van der Waals surface area contributed by atoms with Gasteiger partial charge in [-0.25, -0.2) is 9.50 Å². The van der Waals surface area contributed by atoms with Gasteiger partial charge in [-0.1, -0.05) is 0 Å². The molecule has 0 radical (unpaired) electrons. The van der Waals surface area contributed by atoms with Gasteiger partial charge in [0.05, 0.1) is 29.1 Å². The second-order valence-corrected chi connectivity index (χ2v) is 7.90. The molecule has 0 atom stereocenters. The number of alkyl halides is 3. The first-order chi connectivity index (χ1) is 13.7. The third-order valence-corrected chi connectivity index (χ3v) is 5.60. The summed E-state index contributed by atoms with van der Waals surface area (Å²) < 4.78 is 43.8. The Labute approximate surface area is 172 Å². The second kappa shape index (κ2) is 7.12. The van der Waals surface area contributed by atoms with Crippen LogP contribution in [0.4, 0.5) is 13.2 Å². The highest BCUT2D eigenvalue weighted by Crippen LogP contribution is 2.41. The molecule has 0 saturated heterocycles. The lowest BCUT2D eigenvalue weighted by atomic mass is 10.2. The summed E-state index contributed by atoms with van der Waals surface area (Å²) in [4.78, 5) is 18.8. The predicted octanol–water partition coefficient (Wildman–Crippen LogP) is 3.88. The average molecular weight is 471 g/mol. The Bertz CT molecular complexity index is 1090. The summed E-state index contributed by atoms with van der Waals surface area (Å²) in [7, 11) is 1.58. The molecular formula is C18H18BrF3N6O. The first-order valence-corrected chi connectivity index (χ1v) is 9.91. The van der Waals surface area contributed by atoms with Crippen LogP contribution in [0.3, 0.4) is 0 Å². The molecule has 29 heavy (non-hydrogen) atoms. The zero-order valence-electron chi connectivity index (χ0n) is 15.7. The van der Waals surface area contributed by atoms with E-state index in [0.717, 1.165) is 35.3 Å². The third-order valence-electron chi connectivity index (χ3n) is 4.94. The molecule has 0 N–H and O–H groups in total. The number of hydrogen-bond acceptors (Lipinski definition) is 4. The van der Waals surface area contributed by atoms with Crippen molar-refractivity contribution in [3.8, 4) is 0 Å². The van der Waals surface area contributed by atoms with E-state index in [4.69, 9.17) is 0 Å². The summed E-state index contributed by atoms with van der Waals surface area (Å²) in [5.74, 6) is -0.448. The zero-order valence-corrected chi connectivity index (χ0v) is 17.3. The molecule has 0 bridgehead atoms. The van der Waals surface area contributed by atoms with Gasteiger partial charge in [0.15, 0.2) is 5.65 Å².